The highest BCUT2D eigenvalue weighted by Gasteiger charge is 2.46. The molecule has 6 heteroatoms. The quantitative estimate of drug-likeness (QED) is 0.668. The molecular formula is C11H20O6. The molecule has 5 atom stereocenters. The number of esters is 1. The number of ether oxygens (including phenoxy) is 5. The Morgan fingerprint density at radius 3 is 1.94 bits per heavy atom. The second kappa shape index (κ2) is 6.30. The summed E-state index contributed by atoms with van der Waals surface area (Å²) in [5.41, 5.74) is 0. The first-order valence-electron chi connectivity index (χ1n) is 5.46. The van der Waals surface area contributed by atoms with Gasteiger partial charge in [-0.15, -0.1) is 0 Å². The lowest BCUT2D eigenvalue weighted by atomic mass is 9.99. The Morgan fingerprint density at radius 2 is 1.53 bits per heavy atom. The molecule has 0 N–H and O–H groups in total. The van der Waals surface area contributed by atoms with Gasteiger partial charge in [-0.2, -0.15) is 0 Å². The van der Waals surface area contributed by atoms with Gasteiger partial charge >= 0.3 is 5.97 Å². The van der Waals surface area contributed by atoms with Crippen molar-refractivity contribution in [2.45, 2.75) is 44.6 Å². The van der Waals surface area contributed by atoms with E-state index in [4.69, 9.17) is 23.7 Å². The topological polar surface area (TPSA) is 63.2 Å². The minimum absolute atomic E-state index is 0.249. The SMILES string of the molecule is CO[C@@H]1[C@H](OC)[C@@H](OC(C)=O)O[C@H](C)[C@H]1OC. The summed E-state index contributed by atoms with van der Waals surface area (Å²) in [6.45, 7) is 3.16. The molecule has 1 aliphatic heterocycles. The molecule has 0 bridgehead atoms. The molecule has 0 radical (unpaired) electrons. The van der Waals surface area contributed by atoms with E-state index < -0.39 is 18.4 Å². The molecule has 6 nitrogen and oxygen atoms in total. The normalized spacial score (nSPS) is 37.8. The van der Waals surface area contributed by atoms with Gasteiger partial charge in [-0.05, 0) is 6.92 Å². The first-order valence-corrected chi connectivity index (χ1v) is 5.46. The minimum atomic E-state index is -0.774. The number of methoxy groups -OCH3 is 3. The van der Waals surface area contributed by atoms with E-state index >= 15 is 0 Å². The van der Waals surface area contributed by atoms with Gasteiger partial charge in [0, 0.05) is 28.3 Å². The van der Waals surface area contributed by atoms with Crippen LogP contribution in [-0.2, 0) is 28.5 Å². The van der Waals surface area contributed by atoms with Crippen LogP contribution in [0.5, 0.6) is 0 Å². The molecule has 0 spiro atoms. The second-order valence-corrected chi connectivity index (χ2v) is 3.92. The van der Waals surface area contributed by atoms with Crippen LogP contribution in [0.25, 0.3) is 0 Å². The highest BCUT2D eigenvalue weighted by atomic mass is 16.7. The lowest BCUT2D eigenvalue weighted by Crippen LogP contribution is -2.59. The Labute approximate surface area is 101 Å². The molecule has 1 fully saturated rings. The Morgan fingerprint density at radius 1 is 1.00 bits per heavy atom. The van der Waals surface area contributed by atoms with Crippen molar-refractivity contribution in [1.82, 2.24) is 0 Å². The number of hydrogen-bond acceptors (Lipinski definition) is 6. The van der Waals surface area contributed by atoms with Crippen LogP contribution >= 0.6 is 0 Å². The van der Waals surface area contributed by atoms with Gasteiger partial charge in [0.15, 0.2) is 0 Å². The summed E-state index contributed by atoms with van der Waals surface area (Å²) in [7, 11) is 4.65. The van der Waals surface area contributed by atoms with Crippen LogP contribution in [0.4, 0.5) is 0 Å². The molecule has 0 aromatic rings. The molecule has 100 valence electrons. The lowest BCUT2D eigenvalue weighted by Gasteiger charge is -2.43. The molecule has 0 saturated carbocycles. The summed E-state index contributed by atoms with van der Waals surface area (Å²) in [6.07, 6.45) is -2.15. The van der Waals surface area contributed by atoms with E-state index in [1.165, 1.54) is 14.0 Å². The third-order valence-corrected chi connectivity index (χ3v) is 2.83. The van der Waals surface area contributed by atoms with Gasteiger partial charge in [-0.1, -0.05) is 0 Å². The highest BCUT2D eigenvalue weighted by Crippen LogP contribution is 2.27. The average molecular weight is 248 g/mol. The van der Waals surface area contributed by atoms with Crippen molar-refractivity contribution in [2.75, 3.05) is 21.3 Å². The molecule has 0 aromatic carbocycles. The van der Waals surface area contributed by atoms with Crippen molar-refractivity contribution >= 4 is 5.97 Å². The van der Waals surface area contributed by atoms with Gasteiger partial charge in [-0.3, -0.25) is 4.79 Å². The van der Waals surface area contributed by atoms with E-state index in [1.807, 2.05) is 6.92 Å². The van der Waals surface area contributed by atoms with Gasteiger partial charge < -0.3 is 23.7 Å². The van der Waals surface area contributed by atoms with Gasteiger partial charge in [-0.25, -0.2) is 0 Å². The summed E-state index contributed by atoms with van der Waals surface area (Å²) >= 11 is 0. The third kappa shape index (κ3) is 3.16. The van der Waals surface area contributed by atoms with Crippen LogP contribution < -0.4 is 0 Å². The fourth-order valence-corrected chi connectivity index (χ4v) is 2.07. The zero-order valence-corrected chi connectivity index (χ0v) is 10.8. The summed E-state index contributed by atoms with van der Waals surface area (Å²) in [4.78, 5) is 11.0. The summed E-state index contributed by atoms with van der Waals surface area (Å²) in [5.74, 6) is -0.421. The standard InChI is InChI=1S/C11H20O6/c1-6-8(13-3)9(14-4)10(15-5)11(16-6)17-7(2)12/h6,8-11H,1-5H3/t6-,8-,9+,10+,11-/m1/s1. The monoisotopic (exact) mass is 248 g/mol. The molecule has 17 heavy (non-hydrogen) atoms. The van der Waals surface area contributed by atoms with Crippen LogP contribution in [0.3, 0.4) is 0 Å². The molecule has 1 heterocycles. The maximum absolute atomic E-state index is 11.0. The molecule has 1 saturated heterocycles. The van der Waals surface area contributed by atoms with Crippen molar-refractivity contribution in [2.24, 2.45) is 0 Å². The summed E-state index contributed by atoms with van der Waals surface area (Å²) < 4.78 is 26.6. The first kappa shape index (κ1) is 14.4. The Bertz CT molecular complexity index is 256. The number of carbonyl (C=O) groups excluding carboxylic acids is 1. The van der Waals surface area contributed by atoms with E-state index in [0.717, 1.165) is 0 Å². The van der Waals surface area contributed by atoms with E-state index in [1.54, 1.807) is 14.2 Å². The van der Waals surface area contributed by atoms with Gasteiger partial charge in [0.2, 0.25) is 6.29 Å². The van der Waals surface area contributed by atoms with Crippen molar-refractivity contribution in [3.05, 3.63) is 0 Å². The summed E-state index contributed by atoms with van der Waals surface area (Å²) in [5, 5.41) is 0. The maximum Gasteiger partial charge on any atom is 0.305 e. The van der Waals surface area contributed by atoms with Gasteiger partial charge in [0.05, 0.1) is 6.10 Å². The Kier molecular flexibility index (Phi) is 5.32. The molecule has 0 aliphatic carbocycles. The maximum atomic E-state index is 11.0. The van der Waals surface area contributed by atoms with Crippen LogP contribution in [0.15, 0.2) is 0 Å². The largest absolute Gasteiger partial charge is 0.433 e. The zero-order chi connectivity index (χ0) is 13.0. The van der Waals surface area contributed by atoms with Crippen LogP contribution in [0.1, 0.15) is 13.8 Å². The molecule has 0 unspecified atom stereocenters. The fourth-order valence-electron chi connectivity index (χ4n) is 2.07. The van der Waals surface area contributed by atoms with Crippen molar-refractivity contribution < 1.29 is 28.5 Å². The van der Waals surface area contributed by atoms with Crippen molar-refractivity contribution in [3.63, 3.8) is 0 Å². The van der Waals surface area contributed by atoms with Gasteiger partial charge in [0.1, 0.15) is 18.3 Å². The van der Waals surface area contributed by atoms with E-state index in [9.17, 15) is 4.79 Å². The number of rotatable bonds is 4. The molecule has 0 aromatic heterocycles. The van der Waals surface area contributed by atoms with Crippen molar-refractivity contribution in [1.29, 1.82) is 0 Å². The average Bonchev–Trinajstić information content (AvgIpc) is 2.27. The molecule has 1 aliphatic rings. The molecule has 1 rings (SSSR count). The predicted octanol–water partition coefficient (Wildman–Crippen LogP) is 0.339. The third-order valence-electron chi connectivity index (χ3n) is 2.83. The van der Waals surface area contributed by atoms with Crippen LogP contribution in [-0.4, -0.2) is 58.0 Å². The number of carbonyl (C=O) groups is 1. The fraction of sp³-hybridized carbons (Fsp3) is 0.909. The second-order valence-electron chi connectivity index (χ2n) is 3.92. The van der Waals surface area contributed by atoms with E-state index in [0.29, 0.717) is 0 Å². The van der Waals surface area contributed by atoms with Crippen LogP contribution in [0, 0.1) is 0 Å². The smallest absolute Gasteiger partial charge is 0.305 e. The predicted molar refractivity (Wildman–Crippen MR) is 58.5 cm³/mol. The van der Waals surface area contributed by atoms with E-state index in [2.05, 4.69) is 0 Å². The first-order chi connectivity index (χ1) is 8.04. The minimum Gasteiger partial charge on any atom is -0.433 e. The molecular weight excluding hydrogens is 228 g/mol. The Hall–Kier alpha value is -0.690. The Balaban J connectivity index is 2.84. The molecule has 0 amide bonds. The lowest BCUT2D eigenvalue weighted by molar-refractivity contribution is -0.296. The number of hydrogen-bond donors (Lipinski definition) is 0. The van der Waals surface area contributed by atoms with Crippen LogP contribution in [0.2, 0.25) is 0 Å². The summed E-state index contributed by atoms with van der Waals surface area (Å²) in [6, 6.07) is 0. The van der Waals surface area contributed by atoms with E-state index in [-0.39, 0.29) is 18.3 Å². The zero-order valence-electron chi connectivity index (χ0n) is 10.8. The van der Waals surface area contributed by atoms with Crippen molar-refractivity contribution in [3.8, 4) is 0 Å². The highest BCUT2D eigenvalue weighted by molar-refractivity contribution is 5.66. The van der Waals surface area contributed by atoms with Gasteiger partial charge in [0.25, 0.3) is 0 Å².